The lowest BCUT2D eigenvalue weighted by atomic mass is 9.93. The van der Waals surface area contributed by atoms with Crippen LogP contribution >= 0.6 is 11.6 Å². The summed E-state index contributed by atoms with van der Waals surface area (Å²) in [5.41, 5.74) is 0.994. The lowest BCUT2D eigenvalue weighted by Gasteiger charge is -2.36. The van der Waals surface area contributed by atoms with E-state index in [1.165, 1.54) is 38.4 Å². The van der Waals surface area contributed by atoms with Gasteiger partial charge in [0.1, 0.15) is 17.3 Å². The number of anilines is 1. The second kappa shape index (κ2) is 7.23. The van der Waals surface area contributed by atoms with Crippen LogP contribution in [0.5, 0.6) is 0 Å². The summed E-state index contributed by atoms with van der Waals surface area (Å²) in [7, 11) is 0. The molecule has 0 radical (unpaired) electrons. The molecule has 0 amide bonds. The van der Waals surface area contributed by atoms with Crippen LogP contribution in [0, 0.1) is 0 Å². The maximum atomic E-state index is 9.41. The Morgan fingerprint density at radius 1 is 1.30 bits per heavy atom. The molecule has 112 valence electrons. The van der Waals surface area contributed by atoms with Crippen LogP contribution in [0.4, 0.5) is 5.82 Å². The van der Waals surface area contributed by atoms with Crippen LogP contribution in [-0.4, -0.2) is 34.3 Å². The minimum atomic E-state index is 0.135. The summed E-state index contributed by atoms with van der Waals surface area (Å²) in [6, 6.07) is 0.458. The largest absolute Gasteiger partial charge is 0.395 e. The highest BCUT2D eigenvalue weighted by molar-refractivity contribution is 6.30. The number of aromatic nitrogens is 2. The molecule has 1 saturated carbocycles. The van der Waals surface area contributed by atoms with E-state index in [4.69, 9.17) is 11.6 Å². The quantitative estimate of drug-likeness (QED) is 0.847. The average Bonchev–Trinajstić information content (AvgIpc) is 2.45. The van der Waals surface area contributed by atoms with Crippen LogP contribution in [0.3, 0.4) is 0 Å². The molecule has 1 aromatic heterocycles. The van der Waals surface area contributed by atoms with Crippen molar-refractivity contribution in [2.75, 3.05) is 18.1 Å². The molecule has 1 fully saturated rings. The minimum Gasteiger partial charge on any atom is -0.395 e. The molecule has 4 nitrogen and oxygen atoms in total. The standard InChI is InChI=1S/C15H24ClN3O/c1-11(2)13-14(16)17-10-18-15(13)19(8-9-20)12-6-4-3-5-7-12/h10-12,20H,3-9H2,1-2H3. The van der Waals surface area contributed by atoms with Crippen molar-refractivity contribution in [3.63, 3.8) is 0 Å². The van der Waals surface area contributed by atoms with Crippen molar-refractivity contribution in [1.82, 2.24) is 9.97 Å². The second-order valence-corrected chi connectivity index (χ2v) is 6.12. The van der Waals surface area contributed by atoms with Gasteiger partial charge < -0.3 is 10.0 Å². The molecule has 1 aliphatic rings. The molecule has 0 unspecified atom stereocenters. The van der Waals surface area contributed by atoms with E-state index < -0.39 is 0 Å². The zero-order chi connectivity index (χ0) is 14.5. The van der Waals surface area contributed by atoms with Gasteiger partial charge in [-0.1, -0.05) is 44.7 Å². The van der Waals surface area contributed by atoms with Gasteiger partial charge in [0.05, 0.1) is 6.61 Å². The third kappa shape index (κ3) is 3.41. The number of halogens is 1. The Bertz CT molecular complexity index is 433. The van der Waals surface area contributed by atoms with Gasteiger partial charge >= 0.3 is 0 Å². The van der Waals surface area contributed by atoms with Crippen molar-refractivity contribution >= 4 is 17.4 Å². The first kappa shape index (κ1) is 15.5. The van der Waals surface area contributed by atoms with Gasteiger partial charge in [-0.15, -0.1) is 0 Å². The van der Waals surface area contributed by atoms with Gasteiger partial charge in [0, 0.05) is 18.2 Å². The van der Waals surface area contributed by atoms with E-state index in [-0.39, 0.29) is 12.5 Å². The van der Waals surface area contributed by atoms with Gasteiger partial charge in [-0.25, -0.2) is 9.97 Å². The number of rotatable bonds is 5. The Morgan fingerprint density at radius 2 is 2.00 bits per heavy atom. The molecule has 5 heteroatoms. The summed E-state index contributed by atoms with van der Waals surface area (Å²) < 4.78 is 0. The average molecular weight is 298 g/mol. The van der Waals surface area contributed by atoms with Crippen LogP contribution in [-0.2, 0) is 0 Å². The highest BCUT2D eigenvalue weighted by Gasteiger charge is 2.26. The van der Waals surface area contributed by atoms with Crippen molar-refractivity contribution < 1.29 is 5.11 Å². The lowest BCUT2D eigenvalue weighted by Crippen LogP contribution is -2.40. The molecular formula is C15H24ClN3O. The maximum absolute atomic E-state index is 9.41. The Kier molecular flexibility index (Phi) is 5.61. The number of hydrogen-bond acceptors (Lipinski definition) is 4. The normalized spacial score (nSPS) is 16.6. The van der Waals surface area contributed by atoms with Crippen molar-refractivity contribution in [3.8, 4) is 0 Å². The topological polar surface area (TPSA) is 49.2 Å². The first-order valence-electron chi connectivity index (χ1n) is 7.53. The van der Waals surface area contributed by atoms with Gasteiger partial charge in [0.25, 0.3) is 0 Å². The molecule has 0 aromatic carbocycles. The van der Waals surface area contributed by atoms with E-state index >= 15 is 0 Å². The van der Waals surface area contributed by atoms with Crippen LogP contribution in [0.15, 0.2) is 6.33 Å². The SMILES string of the molecule is CC(C)c1c(Cl)ncnc1N(CCO)C1CCCCC1. The van der Waals surface area contributed by atoms with Crippen molar-refractivity contribution in [1.29, 1.82) is 0 Å². The monoisotopic (exact) mass is 297 g/mol. The summed E-state index contributed by atoms with van der Waals surface area (Å²) in [5, 5.41) is 9.94. The molecule has 0 atom stereocenters. The van der Waals surface area contributed by atoms with E-state index in [1.807, 2.05) is 0 Å². The smallest absolute Gasteiger partial charge is 0.138 e. The van der Waals surface area contributed by atoms with E-state index in [0.717, 1.165) is 11.4 Å². The van der Waals surface area contributed by atoms with Crippen LogP contribution in [0.25, 0.3) is 0 Å². The Hall–Kier alpha value is -0.870. The van der Waals surface area contributed by atoms with Gasteiger partial charge in [0.15, 0.2) is 0 Å². The van der Waals surface area contributed by atoms with E-state index in [2.05, 4.69) is 28.7 Å². The van der Waals surface area contributed by atoms with Gasteiger partial charge in [0.2, 0.25) is 0 Å². The molecule has 1 heterocycles. The van der Waals surface area contributed by atoms with Crippen LogP contribution in [0.2, 0.25) is 5.15 Å². The highest BCUT2D eigenvalue weighted by Crippen LogP contribution is 2.34. The number of aliphatic hydroxyl groups is 1. The first-order valence-corrected chi connectivity index (χ1v) is 7.90. The molecule has 0 spiro atoms. The second-order valence-electron chi connectivity index (χ2n) is 5.77. The molecule has 0 saturated heterocycles. The Morgan fingerprint density at radius 3 is 2.60 bits per heavy atom. The third-order valence-electron chi connectivity index (χ3n) is 4.02. The predicted molar refractivity (Wildman–Crippen MR) is 82.4 cm³/mol. The summed E-state index contributed by atoms with van der Waals surface area (Å²) in [5.74, 6) is 1.17. The third-order valence-corrected chi connectivity index (χ3v) is 4.32. The van der Waals surface area contributed by atoms with Crippen molar-refractivity contribution in [2.45, 2.75) is 57.9 Å². The summed E-state index contributed by atoms with van der Waals surface area (Å²) in [4.78, 5) is 10.8. The molecule has 1 aliphatic carbocycles. The van der Waals surface area contributed by atoms with Crippen molar-refractivity contribution in [3.05, 3.63) is 17.0 Å². The number of aliphatic hydroxyl groups excluding tert-OH is 1. The Balaban J connectivity index is 2.35. The van der Waals surface area contributed by atoms with E-state index in [9.17, 15) is 5.11 Å². The summed E-state index contributed by atoms with van der Waals surface area (Å²) in [6.45, 7) is 4.95. The minimum absolute atomic E-state index is 0.135. The molecule has 1 aromatic rings. The predicted octanol–water partition coefficient (Wildman–Crippen LogP) is 3.38. The highest BCUT2D eigenvalue weighted by atomic mass is 35.5. The van der Waals surface area contributed by atoms with E-state index in [0.29, 0.717) is 17.7 Å². The summed E-state index contributed by atoms with van der Waals surface area (Å²) in [6.07, 6.45) is 7.67. The maximum Gasteiger partial charge on any atom is 0.138 e. The zero-order valence-electron chi connectivity index (χ0n) is 12.3. The molecule has 0 bridgehead atoms. The van der Waals surface area contributed by atoms with Gasteiger partial charge in [-0.3, -0.25) is 0 Å². The number of hydrogen-bond donors (Lipinski definition) is 1. The molecule has 20 heavy (non-hydrogen) atoms. The lowest BCUT2D eigenvalue weighted by molar-refractivity contribution is 0.289. The van der Waals surface area contributed by atoms with Gasteiger partial charge in [-0.05, 0) is 18.8 Å². The van der Waals surface area contributed by atoms with Crippen LogP contribution < -0.4 is 4.90 Å². The Labute approximate surface area is 126 Å². The number of nitrogens with zero attached hydrogens (tertiary/aromatic N) is 3. The fraction of sp³-hybridized carbons (Fsp3) is 0.733. The fourth-order valence-electron chi connectivity index (χ4n) is 3.05. The fourth-order valence-corrected chi connectivity index (χ4v) is 3.40. The first-order chi connectivity index (χ1) is 9.65. The molecular weight excluding hydrogens is 274 g/mol. The molecule has 1 N–H and O–H groups in total. The molecule has 0 aliphatic heterocycles. The van der Waals surface area contributed by atoms with Crippen LogP contribution in [0.1, 0.15) is 57.4 Å². The molecule has 2 rings (SSSR count). The summed E-state index contributed by atoms with van der Waals surface area (Å²) >= 11 is 6.27. The van der Waals surface area contributed by atoms with Crippen molar-refractivity contribution in [2.24, 2.45) is 0 Å². The van der Waals surface area contributed by atoms with Gasteiger partial charge in [-0.2, -0.15) is 0 Å². The van der Waals surface area contributed by atoms with E-state index in [1.54, 1.807) is 0 Å². The zero-order valence-corrected chi connectivity index (χ0v) is 13.1.